The van der Waals surface area contributed by atoms with Gasteiger partial charge < -0.3 is 4.74 Å². The lowest BCUT2D eigenvalue weighted by atomic mass is 10.1. The molecule has 88 valence electrons. The van der Waals surface area contributed by atoms with Gasteiger partial charge in [0.05, 0.1) is 25.2 Å². The van der Waals surface area contributed by atoms with Gasteiger partial charge in [-0.2, -0.15) is 5.26 Å². The van der Waals surface area contributed by atoms with Gasteiger partial charge in [-0.1, -0.05) is 29.3 Å². The van der Waals surface area contributed by atoms with Gasteiger partial charge >= 0.3 is 5.97 Å². The van der Waals surface area contributed by atoms with E-state index in [0.717, 1.165) is 0 Å². The Morgan fingerprint density at radius 3 is 2.76 bits per heavy atom. The van der Waals surface area contributed by atoms with E-state index in [9.17, 15) is 4.79 Å². The van der Waals surface area contributed by atoms with Crippen LogP contribution in [0.15, 0.2) is 23.8 Å². The zero-order valence-corrected chi connectivity index (χ0v) is 10.5. The highest BCUT2D eigenvalue weighted by molar-refractivity contribution is 6.35. The van der Waals surface area contributed by atoms with Crippen LogP contribution in [0, 0.1) is 11.3 Å². The second-order valence-electron chi connectivity index (χ2n) is 3.16. The highest BCUT2D eigenvalue weighted by atomic mass is 35.5. The van der Waals surface area contributed by atoms with E-state index in [-0.39, 0.29) is 12.0 Å². The summed E-state index contributed by atoms with van der Waals surface area (Å²) in [6, 6.07) is 6.79. The number of nitrogens with zero attached hydrogens (tertiary/aromatic N) is 1. The van der Waals surface area contributed by atoms with Crippen molar-refractivity contribution in [1.29, 1.82) is 5.26 Å². The summed E-state index contributed by atoms with van der Waals surface area (Å²) in [4.78, 5) is 11.4. The first kappa shape index (κ1) is 13.6. The molecule has 0 aliphatic rings. The van der Waals surface area contributed by atoms with Crippen molar-refractivity contribution in [3.8, 4) is 6.07 Å². The fourth-order valence-corrected chi connectivity index (χ4v) is 1.67. The second-order valence-corrected chi connectivity index (χ2v) is 4.01. The number of carbonyl (C=O) groups excluding carboxylic acids is 1. The predicted molar refractivity (Wildman–Crippen MR) is 66.7 cm³/mol. The standard InChI is InChI=1S/C12H9Cl2NO2/c1-17-12(16)9(4-5-15)6-8-2-3-10(13)7-11(8)14/h2-3,6-7H,4H2,1H3/b9-6+. The molecule has 17 heavy (non-hydrogen) atoms. The normalized spacial score (nSPS) is 10.8. The summed E-state index contributed by atoms with van der Waals surface area (Å²) < 4.78 is 4.57. The molecule has 0 saturated carbocycles. The van der Waals surface area contributed by atoms with Crippen LogP contribution in [-0.4, -0.2) is 13.1 Å². The van der Waals surface area contributed by atoms with E-state index in [1.165, 1.54) is 13.2 Å². The van der Waals surface area contributed by atoms with Crippen molar-refractivity contribution in [2.45, 2.75) is 6.42 Å². The highest BCUT2D eigenvalue weighted by Gasteiger charge is 2.10. The second kappa shape index (κ2) is 6.29. The van der Waals surface area contributed by atoms with Gasteiger partial charge in [0.2, 0.25) is 0 Å². The lowest BCUT2D eigenvalue weighted by Crippen LogP contribution is -2.04. The molecule has 1 aromatic carbocycles. The van der Waals surface area contributed by atoms with Gasteiger partial charge in [-0.25, -0.2) is 4.79 Å². The Hall–Kier alpha value is -1.50. The maximum Gasteiger partial charge on any atom is 0.334 e. The van der Waals surface area contributed by atoms with Crippen LogP contribution >= 0.6 is 23.2 Å². The minimum atomic E-state index is -0.544. The Morgan fingerprint density at radius 1 is 1.53 bits per heavy atom. The Kier molecular flexibility index (Phi) is 5.02. The molecule has 5 heteroatoms. The van der Waals surface area contributed by atoms with Gasteiger partial charge in [-0.3, -0.25) is 0 Å². The number of hydrogen-bond acceptors (Lipinski definition) is 3. The van der Waals surface area contributed by atoms with Crippen molar-refractivity contribution < 1.29 is 9.53 Å². The maximum atomic E-state index is 11.4. The monoisotopic (exact) mass is 269 g/mol. The lowest BCUT2D eigenvalue weighted by molar-refractivity contribution is -0.136. The number of hydrogen-bond donors (Lipinski definition) is 0. The molecule has 0 aliphatic carbocycles. The molecular weight excluding hydrogens is 261 g/mol. The maximum absolute atomic E-state index is 11.4. The first-order valence-electron chi connectivity index (χ1n) is 4.69. The molecule has 0 atom stereocenters. The van der Waals surface area contributed by atoms with E-state index in [1.807, 2.05) is 6.07 Å². The molecule has 0 N–H and O–H groups in total. The van der Waals surface area contributed by atoms with Crippen molar-refractivity contribution in [3.63, 3.8) is 0 Å². The van der Waals surface area contributed by atoms with Crippen molar-refractivity contribution in [2.75, 3.05) is 7.11 Å². The Labute approximate surface area is 109 Å². The summed E-state index contributed by atoms with van der Waals surface area (Å²) in [5, 5.41) is 9.54. The van der Waals surface area contributed by atoms with Gasteiger partial charge in [-0.05, 0) is 23.8 Å². The van der Waals surface area contributed by atoms with Crippen molar-refractivity contribution in [3.05, 3.63) is 39.4 Å². The summed E-state index contributed by atoms with van der Waals surface area (Å²) in [5.74, 6) is -0.544. The van der Waals surface area contributed by atoms with Crippen LogP contribution in [0.5, 0.6) is 0 Å². The number of carbonyl (C=O) groups is 1. The van der Waals surface area contributed by atoms with E-state index >= 15 is 0 Å². The smallest absolute Gasteiger partial charge is 0.334 e. The minimum absolute atomic E-state index is 0.0361. The average Bonchev–Trinajstić information content (AvgIpc) is 2.30. The van der Waals surface area contributed by atoms with Crippen LogP contribution in [0.1, 0.15) is 12.0 Å². The fourth-order valence-electron chi connectivity index (χ4n) is 1.20. The zero-order valence-electron chi connectivity index (χ0n) is 9.04. The van der Waals surface area contributed by atoms with Gasteiger partial charge in [0.25, 0.3) is 0 Å². The van der Waals surface area contributed by atoms with Gasteiger partial charge in [-0.15, -0.1) is 0 Å². The van der Waals surface area contributed by atoms with Crippen molar-refractivity contribution in [2.24, 2.45) is 0 Å². The predicted octanol–water partition coefficient (Wildman–Crippen LogP) is 3.46. The number of rotatable bonds is 3. The molecule has 0 bridgehead atoms. The van der Waals surface area contributed by atoms with E-state index in [0.29, 0.717) is 15.6 Å². The van der Waals surface area contributed by atoms with Crippen LogP contribution in [0.25, 0.3) is 6.08 Å². The Balaban J connectivity index is 3.13. The molecule has 0 fully saturated rings. The largest absolute Gasteiger partial charge is 0.466 e. The quantitative estimate of drug-likeness (QED) is 0.624. The topological polar surface area (TPSA) is 50.1 Å². The molecule has 0 radical (unpaired) electrons. The summed E-state index contributed by atoms with van der Waals surface area (Å²) in [7, 11) is 1.26. The summed E-state index contributed by atoms with van der Waals surface area (Å²) in [5.41, 5.74) is 0.867. The number of methoxy groups -OCH3 is 1. The number of nitriles is 1. The molecule has 0 aromatic heterocycles. The number of esters is 1. The third-order valence-corrected chi connectivity index (χ3v) is 2.57. The molecular formula is C12H9Cl2NO2. The van der Waals surface area contributed by atoms with Crippen LogP contribution in [0.3, 0.4) is 0 Å². The van der Waals surface area contributed by atoms with E-state index in [1.54, 1.807) is 18.2 Å². The summed E-state index contributed by atoms with van der Waals surface area (Å²) in [6.07, 6.45) is 1.49. The van der Waals surface area contributed by atoms with E-state index < -0.39 is 5.97 Å². The van der Waals surface area contributed by atoms with E-state index in [4.69, 9.17) is 28.5 Å². The van der Waals surface area contributed by atoms with Crippen LogP contribution in [0.4, 0.5) is 0 Å². The molecule has 1 aromatic rings. The molecule has 0 spiro atoms. The summed E-state index contributed by atoms with van der Waals surface area (Å²) in [6.45, 7) is 0. The Bertz CT molecular complexity index is 504. The zero-order chi connectivity index (χ0) is 12.8. The lowest BCUT2D eigenvalue weighted by Gasteiger charge is -2.03. The molecule has 0 amide bonds. The Morgan fingerprint density at radius 2 is 2.24 bits per heavy atom. The van der Waals surface area contributed by atoms with Crippen molar-refractivity contribution in [1.82, 2.24) is 0 Å². The first-order chi connectivity index (χ1) is 8.08. The van der Waals surface area contributed by atoms with Gasteiger partial charge in [0.1, 0.15) is 0 Å². The van der Waals surface area contributed by atoms with E-state index in [2.05, 4.69) is 4.74 Å². The van der Waals surface area contributed by atoms with Gasteiger partial charge in [0, 0.05) is 10.0 Å². The average molecular weight is 270 g/mol. The highest BCUT2D eigenvalue weighted by Crippen LogP contribution is 2.23. The number of benzene rings is 1. The summed E-state index contributed by atoms with van der Waals surface area (Å²) >= 11 is 11.7. The van der Waals surface area contributed by atoms with Crippen LogP contribution < -0.4 is 0 Å². The molecule has 0 saturated heterocycles. The third kappa shape index (κ3) is 3.77. The number of halogens is 2. The molecule has 0 aliphatic heterocycles. The molecule has 0 unspecified atom stereocenters. The van der Waals surface area contributed by atoms with Crippen LogP contribution in [0.2, 0.25) is 10.0 Å². The van der Waals surface area contributed by atoms with Crippen LogP contribution in [-0.2, 0) is 9.53 Å². The molecule has 0 heterocycles. The SMILES string of the molecule is COC(=O)/C(=C/c1ccc(Cl)cc1Cl)CC#N. The first-order valence-corrected chi connectivity index (χ1v) is 5.45. The van der Waals surface area contributed by atoms with Gasteiger partial charge in [0.15, 0.2) is 0 Å². The number of ether oxygens (including phenoxy) is 1. The third-order valence-electron chi connectivity index (χ3n) is 2.01. The fraction of sp³-hybridized carbons (Fsp3) is 0.167. The molecule has 1 rings (SSSR count). The van der Waals surface area contributed by atoms with Crippen molar-refractivity contribution >= 4 is 35.2 Å². The molecule has 3 nitrogen and oxygen atoms in total. The minimum Gasteiger partial charge on any atom is -0.466 e.